The van der Waals surface area contributed by atoms with Gasteiger partial charge in [0, 0.05) is 18.2 Å². The number of hydrogen-bond acceptors (Lipinski definition) is 3. The fourth-order valence-corrected chi connectivity index (χ4v) is 2.89. The Bertz CT molecular complexity index is 564. The van der Waals surface area contributed by atoms with Crippen molar-refractivity contribution in [3.63, 3.8) is 0 Å². The number of benzene rings is 1. The molecule has 1 aromatic carbocycles. The number of ether oxygens (including phenoxy) is 1. The van der Waals surface area contributed by atoms with Gasteiger partial charge in [-0.3, -0.25) is 4.98 Å². The lowest BCUT2D eigenvalue weighted by molar-refractivity contribution is 0.0782. The molecule has 0 spiro atoms. The molecule has 1 aliphatic rings. The van der Waals surface area contributed by atoms with Crippen LogP contribution in [0.2, 0.25) is 0 Å². The average Bonchev–Trinajstić information content (AvgIpc) is 3.02. The van der Waals surface area contributed by atoms with Gasteiger partial charge in [-0.2, -0.15) is 0 Å². The molecule has 2 unspecified atom stereocenters. The second-order valence-electron chi connectivity index (χ2n) is 5.44. The van der Waals surface area contributed by atoms with E-state index in [0.29, 0.717) is 0 Å². The highest BCUT2D eigenvalue weighted by Crippen LogP contribution is 2.28. The monoisotopic (exact) mass is 270 g/mol. The number of nitrogens with one attached hydrogen (secondary N) is 1. The lowest BCUT2D eigenvalue weighted by atomic mass is 9.99. The highest BCUT2D eigenvalue weighted by Gasteiger charge is 2.27. The largest absolute Gasteiger partial charge is 0.376 e. The van der Waals surface area contributed by atoms with Crippen molar-refractivity contribution in [2.75, 3.05) is 13.2 Å². The van der Waals surface area contributed by atoms with Crippen LogP contribution in [0.5, 0.6) is 0 Å². The van der Waals surface area contributed by atoms with Gasteiger partial charge in [0.25, 0.3) is 0 Å². The minimum Gasteiger partial charge on any atom is -0.376 e. The molecule has 2 atom stereocenters. The fourth-order valence-electron chi connectivity index (χ4n) is 2.89. The molecule has 106 valence electrons. The molecule has 3 nitrogen and oxygen atoms in total. The maximum atomic E-state index is 5.89. The molecule has 1 fully saturated rings. The molecule has 1 aliphatic heterocycles. The van der Waals surface area contributed by atoms with Crippen LogP contribution in [0.3, 0.4) is 0 Å². The van der Waals surface area contributed by atoms with Gasteiger partial charge in [-0.25, -0.2) is 0 Å². The van der Waals surface area contributed by atoms with Gasteiger partial charge in [0.15, 0.2) is 0 Å². The minimum atomic E-state index is 0.259. The van der Waals surface area contributed by atoms with Crippen molar-refractivity contribution in [2.45, 2.75) is 38.3 Å². The topological polar surface area (TPSA) is 34.2 Å². The number of fused-ring (bicyclic) bond motifs is 1. The van der Waals surface area contributed by atoms with E-state index in [1.165, 1.54) is 10.9 Å². The van der Waals surface area contributed by atoms with Crippen molar-refractivity contribution < 1.29 is 4.74 Å². The maximum absolute atomic E-state index is 5.89. The first-order valence-corrected chi connectivity index (χ1v) is 7.58. The lowest BCUT2D eigenvalue weighted by Gasteiger charge is -2.24. The number of rotatable bonds is 5. The lowest BCUT2D eigenvalue weighted by Crippen LogP contribution is -2.32. The second kappa shape index (κ2) is 6.33. The van der Waals surface area contributed by atoms with Gasteiger partial charge < -0.3 is 10.1 Å². The Balaban J connectivity index is 1.90. The van der Waals surface area contributed by atoms with Crippen molar-refractivity contribution in [3.05, 3.63) is 42.1 Å². The van der Waals surface area contributed by atoms with E-state index in [1.54, 1.807) is 0 Å². The maximum Gasteiger partial charge on any atom is 0.0771 e. The van der Waals surface area contributed by atoms with Crippen LogP contribution in [0.15, 0.2) is 36.5 Å². The molecule has 20 heavy (non-hydrogen) atoms. The van der Waals surface area contributed by atoms with E-state index in [0.717, 1.165) is 37.9 Å². The molecule has 3 rings (SSSR count). The third-order valence-electron chi connectivity index (χ3n) is 3.92. The van der Waals surface area contributed by atoms with Gasteiger partial charge in [0.2, 0.25) is 0 Å². The summed E-state index contributed by atoms with van der Waals surface area (Å²) in [6.07, 6.45) is 5.70. The van der Waals surface area contributed by atoms with Crippen LogP contribution in [0.25, 0.3) is 10.9 Å². The van der Waals surface area contributed by atoms with E-state index < -0.39 is 0 Å². The summed E-state index contributed by atoms with van der Waals surface area (Å²) < 4.78 is 5.89. The van der Waals surface area contributed by atoms with Crippen LogP contribution in [0.1, 0.15) is 37.8 Å². The first-order valence-electron chi connectivity index (χ1n) is 7.58. The van der Waals surface area contributed by atoms with E-state index in [-0.39, 0.29) is 12.1 Å². The Morgan fingerprint density at radius 2 is 2.30 bits per heavy atom. The number of nitrogens with zero attached hydrogens (tertiary/aromatic N) is 1. The number of para-hydroxylation sites is 1. The molecule has 0 radical (unpaired) electrons. The average molecular weight is 270 g/mol. The zero-order chi connectivity index (χ0) is 13.8. The standard InChI is InChI=1S/C17H22N2O/c1-2-9-18-17(16-8-5-10-20-16)14-11-13-6-3-4-7-15(13)19-12-14/h3-4,6-7,11-12,16-18H,2,5,8-10H2,1H3. The van der Waals surface area contributed by atoms with Crippen molar-refractivity contribution in [2.24, 2.45) is 0 Å². The predicted octanol–water partition coefficient (Wildman–Crippen LogP) is 3.45. The summed E-state index contributed by atoms with van der Waals surface area (Å²) in [7, 11) is 0. The molecule has 3 heteroatoms. The first kappa shape index (κ1) is 13.5. The summed E-state index contributed by atoms with van der Waals surface area (Å²) in [4.78, 5) is 4.59. The fraction of sp³-hybridized carbons (Fsp3) is 0.471. The van der Waals surface area contributed by atoms with Crippen LogP contribution in [0, 0.1) is 0 Å². The van der Waals surface area contributed by atoms with Crippen molar-refractivity contribution in [1.29, 1.82) is 0 Å². The highest BCUT2D eigenvalue weighted by atomic mass is 16.5. The van der Waals surface area contributed by atoms with Gasteiger partial charge >= 0.3 is 0 Å². The van der Waals surface area contributed by atoms with Crippen LogP contribution in [-0.2, 0) is 4.74 Å². The molecule has 0 bridgehead atoms. The smallest absolute Gasteiger partial charge is 0.0771 e. The highest BCUT2D eigenvalue weighted by molar-refractivity contribution is 5.78. The number of aromatic nitrogens is 1. The van der Waals surface area contributed by atoms with E-state index in [9.17, 15) is 0 Å². The zero-order valence-corrected chi connectivity index (χ0v) is 12.0. The molecule has 2 heterocycles. The Morgan fingerprint density at radius 1 is 1.40 bits per heavy atom. The van der Waals surface area contributed by atoms with E-state index >= 15 is 0 Å². The van der Waals surface area contributed by atoms with Crippen molar-refractivity contribution in [1.82, 2.24) is 10.3 Å². The third kappa shape index (κ3) is 2.84. The van der Waals surface area contributed by atoms with Crippen LogP contribution >= 0.6 is 0 Å². The second-order valence-corrected chi connectivity index (χ2v) is 5.44. The molecule has 0 saturated carbocycles. The molecule has 0 aliphatic carbocycles. The van der Waals surface area contributed by atoms with Gasteiger partial charge in [-0.05, 0) is 43.5 Å². The summed E-state index contributed by atoms with van der Waals surface area (Å²) >= 11 is 0. The summed E-state index contributed by atoms with van der Waals surface area (Å²) in [5.41, 5.74) is 2.29. The quantitative estimate of drug-likeness (QED) is 0.903. The summed E-state index contributed by atoms with van der Waals surface area (Å²) in [6.45, 7) is 4.09. The van der Waals surface area contributed by atoms with Gasteiger partial charge in [0.05, 0.1) is 17.7 Å². The third-order valence-corrected chi connectivity index (χ3v) is 3.92. The number of pyridine rings is 1. The molecule has 0 amide bonds. The van der Waals surface area contributed by atoms with Gasteiger partial charge in [0.1, 0.15) is 0 Å². The molecule has 1 N–H and O–H groups in total. The predicted molar refractivity (Wildman–Crippen MR) is 81.8 cm³/mol. The van der Waals surface area contributed by atoms with Gasteiger partial charge in [-0.1, -0.05) is 25.1 Å². The van der Waals surface area contributed by atoms with Crippen molar-refractivity contribution in [3.8, 4) is 0 Å². The number of hydrogen-bond donors (Lipinski definition) is 1. The van der Waals surface area contributed by atoms with Crippen LogP contribution in [0.4, 0.5) is 0 Å². The van der Waals surface area contributed by atoms with Gasteiger partial charge in [-0.15, -0.1) is 0 Å². The molecule has 1 aromatic heterocycles. The summed E-state index contributed by atoms with van der Waals surface area (Å²) in [5.74, 6) is 0. The normalized spacial score (nSPS) is 20.4. The van der Waals surface area contributed by atoms with Crippen molar-refractivity contribution >= 4 is 10.9 Å². The Morgan fingerprint density at radius 3 is 3.10 bits per heavy atom. The molecular weight excluding hydrogens is 248 g/mol. The molecule has 1 saturated heterocycles. The van der Waals surface area contributed by atoms with Crippen LogP contribution in [-0.4, -0.2) is 24.2 Å². The minimum absolute atomic E-state index is 0.259. The molecular formula is C17H22N2O. The zero-order valence-electron chi connectivity index (χ0n) is 12.0. The summed E-state index contributed by atoms with van der Waals surface area (Å²) in [6, 6.07) is 10.8. The Hall–Kier alpha value is -1.45. The molecule has 2 aromatic rings. The van der Waals surface area contributed by atoms with Crippen LogP contribution < -0.4 is 5.32 Å². The Kier molecular flexibility index (Phi) is 4.28. The van der Waals surface area contributed by atoms with E-state index in [2.05, 4.69) is 41.5 Å². The van der Waals surface area contributed by atoms with E-state index in [1.807, 2.05) is 12.3 Å². The SMILES string of the molecule is CCCNC(c1cnc2ccccc2c1)C1CCCO1. The summed E-state index contributed by atoms with van der Waals surface area (Å²) in [5, 5.41) is 4.83. The first-order chi connectivity index (χ1) is 9.88. The Labute approximate surface area is 120 Å². The van der Waals surface area contributed by atoms with E-state index in [4.69, 9.17) is 4.74 Å².